The largest absolute Gasteiger partial charge is 0.469 e. The van der Waals surface area contributed by atoms with E-state index < -0.39 is 5.92 Å². The molecule has 2 heteroatoms. The minimum Gasteiger partial charge on any atom is -0.469 e. The highest BCUT2D eigenvalue weighted by Crippen LogP contribution is 2.14. The van der Waals surface area contributed by atoms with E-state index in [2.05, 4.69) is 11.7 Å². The van der Waals surface area contributed by atoms with Crippen LogP contribution >= 0.6 is 0 Å². The smallest absolute Gasteiger partial charge is 0.313 e. The summed E-state index contributed by atoms with van der Waals surface area (Å²) in [5.41, 5.74) is 0.879. The van der Waals surface area contributed by atoms with Gasteiger partial charge in [-0.3, -0.25) is 4.79 Å². The van der Waals surface area contributed by atoms with Gasteiger partial charge in [-0.2, -0.15) is 0 Å². The minimum absolute atomic E-state index is 0.304. The number of benzene rings is 1. The van der Waals surface area contributed by atoms with E-state index in [9.17, 15) is 4.79 Å². The van der Waals surface area contributed by atoms with Crippen LogP contribution in [0, 0.1) is 6.92 Å². The molecule has 1 radical (unpaired) electrons. The van der Waals surface area contributed by atoms with Crippen molar-refractivity contribution in [3.63, 3.8) is 0 Å². The van der Waals surface area contributed by atoms with Crippen molar-refractivity contribution in [3.8, 4) is 0 Å². The van der Waals surface area contributed by atoms with Crippen molar-refractivity contribution in [1.29, 1.82) is 0 Å². The Morgan fingerprint density at radius 1 is 1.42 bits per heavy atom. The number of carbonyl (C=O) groups is 1. The summed E-state index contributed by atoms with van der Waals surface area (Å²) in [5, 5.41) is 0. The zero-order valence-corrected chi connectivity index (χ0v) is 6.99. The van der Waals surface area contributed by atoms with Crippen molar-refractivity contribution < 1.29 is 9.53 Å². The highest BCUT2D eigenvalue weighted by Gasteiger charge is 2.14. The monoisotopic (exact) mass is 163 g/mol. The summed E-state index contributed by atoms with van der Waals surface area (Å²) in [7, 11) is 1.36. The van der Waals surface area contributed by atoms with Gasteiger partial charge in [0.1, 0.15) is 0 Å². The van der Waals surface area contributed by atoms with Crippen molar-refractivity contribution in [2.24, 2.45) is 0 Å². The maximum Gasteiger partial charge on any atom is 0.313 e. The second-order valence-corrected chi connectivity index (χ2v) is 2.49. The Bertz CT molecular complexity index is 254. The van der Waals surface area contributed by atoms with E-state index in [4.69, 9.17) is 0 Å². The Hall–Kier alpha value is -1.31. The van der Waals surface area contributed by atoms with Crippen LogP contribution in [0.2, 0.25) is 0 Å². The van der Waals surface area contributed by atoms with Crippen LogP contribution in [0.15, 0.2) is 30.3 Å². The van der Waals surface area contributed by atoms with Crippen LogP contribution in [-0.4, -0.2) is 13.1 Å². The third kappa shape index (κ3) is 1.84. The minimum atomic E-state index is -0.420. The molecule has 0 unspecified atom stereocenters. The van der Waals surface area contributed by atoms with Crippen LogP contribution in [0.25, 0.3) is 0 Å². The fraction of sp³-hybridized carbons (Fsp3) is 0.200. The normalized spacial score (nSPS) is 12.2. The molecule has 2 nitrogen and oxygen atoms in total. The first-order chi connectivity index (χ1) is 5.75. The van der Waals surface area contributed by atoms with Gasteiger partial charge in [0, 0.05) is 0 Å². The van der Waals surface area contributed by atoms with Crippen molar-refractivity contribution in [1.82, 2.24) is 0 Å². The van der Waals surface area contributed by atoms with Crippen molar-refractivity contribution >= 4 is 5.97 Å². The van der Waals surface area contributed by atoms with Gasteiger partial charge in [0.15, 0.2) is 0 Å². The standard InChI is InChI=1S/C10H11O2/c1-8(10(11)12-2)9-6-4-3-5-7-9/h3-8H,1H2,2H3/t8-/m0/s1. The molecule has 0 aliphatic rings. The lowest BCUT2D eigenvalue weighted by molar-refractivity contribution is -0.141. The first-order valence-electron chi connectivity index (χ1n) is 3.71. The Balaban J connectivity index is 2.78. The van der Waals surface area contributed by atoms with Gasteiger partial charge in [-0.1, -0.05) is 30.3 Å². The summed E-state index contributed by atoms with van der Waals surface area (Å²) in [6.07, 6.45) is 0. The SMILES string of the molecule is [CH2][C@H](C(=O)OC)c1ccccc1. The molecule has 0 bridgehead atoms. The van der Waals surface area contributed by atoms with Gasteiger partial charge in [0.05, 0.1) is 13.0 Å². The highest BCUT2D eigenvalue weighted by molar-refractivity contribution is 5.78. The summed E-state index contributed by atoms with van der Waals surface area (Å²) < 4.78 is 4.56. The summed E-state index contributed by atoms with van der Waals surface area (Å²) in [6.45, 7) is 3.70. The number of methoxy groups -OCH3 is 1. The first-order valence-corrected chi connectivity index (χ1v) is 3.71. The fourth-order valence-electron chi connectivity index (χ4n) is 0.964. The Morgan fingerprint density at radius 3 is 2.50 bits per heavy atom. The summed E-state index contributed by atoms with van der Waals surface area (Å²) in [5.74, 6) is -0.725. The molecule has 1 aromatic carbocycles. The lowest BCUT2D eigenvalue weighted by Crippen LogP contribution is -2.10. The molecule has 0 saturated heterocycles. The molecule has 0 fully saturated rings. The van der Waals surface area contributed by atoms with Gasteiger partial charge >= 0.3 is 5.97 Å². The van der Waals surface area contributed by atoms with Gasteiger partial charge in [-0.25, -0.2) is 0 Å². The molecule has 0 aliphatic carbocycles. The molecular formula is C10H11O2. The first kappa shape index (κ1) is 8.78. The number of ether oxygens (including phenoxy) is 1. The maximum absolute atomic E-state index is 11.0. The molecule has 0 N–H and O–H groups in total. The highest BCUT2D eigenvalue weighted by atomic mass is 16.5. The molecule has 0 spiro atoms. The van der Waals surface area contributed by atoms with Crippen molar-refractivity contribution in [3.05, 3.63) is 42.8 Å². The number of rotatable bonds is 2. The molecule has 0 aromatic heterocycles. The number of hydrogen-bond acceptors (Lipinski definition) is 2. The van der Waals surface area contributed by atoms with Gasteiger partial charge in [-0.15, -0.1) is 0 Å². The average molecular weight is 163 g/mol. The Kier molecular flexibility index (Phi) is 2.86. The molecular weight excluding hydrogens is 152 g/mol. The van der Waals surface area contributed by atoms with Gasteiger partial charge < -0.3 is 4.74 Å². The second kappa shape index (κ2) is 3.90. The predicted octanol–water partition coefficient (Wildman–Crippen LogP) is 1.78. The molecule has 12 heavy (non-hydrogen) atoms. The van der Waals surface area contributed by atoms with Gasteiger partial charge in [0.25, 0.3) is 0 Å². The molecule has 1 aromatic rings. The predicted molar refractivity (Wildman–Crippen MR) is 46.6 cm³/mol. The quantitative estimate of drug-likeness (QED) is 0.621. The molecule has 0 saturated carbocycles. The van der Waals surface area contributed by atoms with Crippen LogP contribution in [-0.2, 0) is 9.53 Å². The Morgan fingerprint density at radius 2 is 2.00 bits per heavy atom. The fourth-order valence-corrected chi connectivity index (χ4v) is 0.964. The van der Waals surface area contributed by atoms with E-state index in [1.54, 1.807) is 0 Å². The zero-order chi connectivity index (χ0) is 8.97. The van der Waals surface area contributed by atoms with Crippen molar-refractivity contribution in [2.75, 3.05) is 7.11 Å². The van der Waals surface area contributed by atoms with E-state index in [1.807, 2.05) is 30.3 Å². The van der Waals surface area contributed by atoms with Crippen LogP contribution in [0.5, 0.6) is 0 Å². The van der Waals surface area contributed by atoms with E-state index >= 15 is 0 Å². The molecule has 63 valence electrons. The zero-order valence-electron chi connectivity index (χ0n) is 6.99. The molecule has 0 amide bonds. The summed E-state index contributed by atoms with van der Waals surface area (Å²) in [4.78, 5) is 11.0. The number of esters is 1. The molecule has 0 heterocycles. The molecule has 1 rings (SSSR count). The maximum atomic E-state index is 11.0. The van der Waals surface area contributed by atoms with E-state index in [0.29, 0.717) is 0 Å². The van der Waals surface area contributed by atoms with E-state index in [1.165, 1.54) is 7.11 Å². The lowest BCUT2D eigenvalue weighted by atomic mass is 10.0. The second-order valence-electron chi connectivity index (χ2n) is 2.49. The Labute approximate surface area is 72.2 Å². The van der Waals surface area contributed by atoms with Gasteiger partial charge in [-0.05, 0) is 12.5 Å². The van der Waals surface area contributed by atoms with Crippen LogP contribution in [0.4, 0.5) is 0 Å². The van der Waals surface area contributed by atoms with E-state index in [0.717, 1.165) is 5.56 Å². The lowest BCUT2D eigenvalue weighted by Gasteiger charge is -2.07. The molecule has 1 atom stereocenters. The average Bonchev–Trinajstić information content (AvgIpc) is 2.17. The third-order valence-corrected chi connectivity index (χ3v) is 1.69. The van der Waals surface area contributed by atoms with E-state index in [-0.39, 0.29) is 5.97 Å². The summed E-state index contributed by atoms with van der Waals surface area (Å²) in [6, 6.07) is 9.35. The summed E-state index contributed by atoms with van der Waals surface area (Å²) >= 11 is 0. The third-order valence-electron chi connectivity index (χ3n) is 1.69. The van der Waals surface area contributed by atoms with Gasteiger partial charge in [0.2, 0.25) is 0 Å². The number of carbonyl (C=O) groups excluding carboxylic acids is 1. The topological polar surface area (TPSA) is 26.3 Å². The van der Waals surface area contributed by atoms with Crippen LogP contribution in [0.1, 0.15) is 11.5 Å². The van der Waals surface area contributed by atoms with Crippen LogP contribution in [0.3, 0.4) is 0 Å². The van der Waals surface area contributed by atoms with Crippen molar-refractivity contribution in [2.45, 2.75) is 5.92 Å². The van der Waals surface area contributed by atoms with Crippen LogP contribution < -0.4 is 0 Å². The molecule has 0 aliphatic heterocycles. The number of hydrogen-bond donors (Lipinski definition) is 0.